The lowest BCUT2D eigenvalue weighted by atomic mass is 9.91. The van der Waals surface area contributed by atoms with Gasteiger partial charge in [0.1, 0.15) is 6.10 Å². The molecule has 0 aliphatic carbocycles. The molecule has 146 valence electrons. The number of ether oxygens (including phenoxy) is 2. The molecule has 1 amide bonds. The van der Waals surface area contributed by atoms with Crippen molar-refractivity contribution in [2.24, 2.45) is 0 Å². The van der Waals surface area contributed by atoms with Gasteiger partial charge in [-0.1, -0.05) is 36.0 Å². The summed E-state index contributed by atoms with van der Waals surface area (Å²) in [6, 6.07) is 8.27. The van der Waals surface area contributed by atoms with E-state index in [4.69, 9.17) is 9.47 Å². The summed E-state index contributed by atoms with van der Waals surface area (Å²) in [4.78, 5) is 24.0. The lowest BCUT2D eigenvalue weighted by molar-refractivity contribution is -0.281. The van der Waals surface area contributed by atoms with Crippen molar-refractivity contribution in [3.05, 3.63) is 48.6 Å². The maximum Gasteiger partial charge on any atom is 0.338 e. The topological polar surface area (TPSA) is 84.9 Å². The highest BCUT2D eigenvalue weighted by Crippen LogP contribution is 2.36. The summed E-state index contributed by atoms with van der Waals surface area (Å²) < 4.78 is 11.6. The van der Waals surface area contributed by atoms with Gasteiger partial charge in [0.25, 0.3) is 5.24 Å². The number of rotatable bonds is 7. The van der Waals surface area contributed by atoms with Crippen LogP contribution in [0.25, 0.3) is 0 Å². The van der Waals surface area contributed by atoms with E-state index in [1.165, 1.54) is 0 Å². The molecule has 2 aliphatic heterocycles. The quantitative estimate of drug-likeness (QED) is 0.422. The van der Waals surface area contributed by atoms with Gasteiger partial charge in [-0.3, -0.25) is 4.79 Å². The Kier molecular flexibility index (Phi) is 6.57. The van der Waals surface area contributed by atoms with E-state index in [0.717, 1.165) is 31.0 Å². The number of nitrogens with one attached hydrogen (secondary N) is 1. The van der Waals surface area contributed by atoms with Crippen molar-refractivity contribution >= 4 is 23.0 Å². The van der Waals surface area contributed by atoms with Crippen LogP contribution in [0.5, 0.6) is 0 Å². The summed E-state index contributed by atoms with van der Waals surface area (Å²) in [5.41, 5.74) is 0.473. The molecule has 1 aromatic carbocycles. The molecule has 27 heavy (non-hydrogen) atoms. The van der Waals surface area contributed by atoms with Crippen molar-refractivity contribution in [2.45, 2.75) is 56.1 Å². The zero-order valence-electron chi connectivity index (χ0n) is 15.1. The minimum atomic E-state index is -1.54. The molecule has 0 spiro atoms. The molecule has 4 unspecified atom stereocenters. The van der Waals surface area contributed by atoms with Gasteiger partial charge in [0, 0.05) is 18.6 Å². The van der Waals surface area contributed by atoms with Crippen molar-refractivity contribution < 1.29 is 24.2 Å². The Hall–Kier alpha value is -1.83. The van der Waals surface area contributed by atoms with E-state index >= 15 is 0 Å². The van der Waals surface area contributed by atoms with Crippen LogP contribution in [0.1, 0.15) is 42.5 Å². The van der Waals surface area contributed by atoms with E-state index in [0.29, 0.717) is 17.7 Å². The highest BCUT2D eigenvalue weighted by molar-refractivity contribution is 8.14. The first-order chi connectivity index (χ1) is 13.0. The van der Waals surface area contributed by atoms with Crippen molar-refractivity contribution in [3.63, 3.8) is 0 Å². The maximum atomic E-state index is 12.4. The van der Waals surface area contributed by atoms with Crippen LogP contribution in [0.2, 0.25) is 0 Å². The Morgan fingerprint density at radius 2 is 2.22 bits per heavy atom. The number of hydrogen-bond donors (Lipinski definition) is 2. The number of thioether (sulfide) groups is 1. The van der Waals surface area contributed by atoms with Gasteiger partial charge in [0.15, 0.2) is 5.79 Å². The van der Waals surface area contributed by atoms with Gasteiger partial charge in [-0.05, 0) is 31.4 Å². The van der Waals surface area contributed by atoms with Gasteiger partial charge in [-0.25, -0.2) is 4.79 Å². The number of amides is 1. The van der Waals surface area contributed by atoms with E-state index < -0.39 is 23.9 Å². The molecule has 2 saturated heterocycles. The Morgan fingerprint density at radius 3 is 2.89 bits per heavy atom. The van der Waals surface area contributed by atoms with Gasteiger partial charge >= 0.3 is 5.97 Å². The van der Waals surface area contributed by atoms with Crippen molar-refractivity contribution in [1.82, 2.24) is 5.32 Å². The zero-order valence-corrected chi connectivity index (χ0v) is 16.0. The van der Waals surface area contributed by atoms with Crippen LogP contribution in [0.15, 0.2) is 43.0 Å². The lowest BCUT2D eigenvalue weighted by Gasteiger charge is -2.43. The third kappa shape index (κ3) is 5.12. The predicted octanol–water partition coefficient (Wildman–Crippen LogP) is 3.26. The molecule has 7 heteroatoms. The average Bonchev–Trinajstić information content (AvgIpc) is 3.10. The van der Waals surface area contributed by atoms with Crippen molar-refractivity contribution in [3.8, 4) is 0 Å². The molecule has 2 N–H and O–H groups in total. The first kappa shape index (κ1) is 19.9. The molecule has 2 aliphatic rings. The van der Waals surface area contributed by atoms with Crippen LogP contribution >= 0.6 is 11.8 Å². The van der Waals surface area contributed by atoms with Crippen molar-refractivity contribution in [1.29, 1.82) is 0 Å². The van der Waals surface area contributed by atoms with E-state index in [1.54, 1.807) is 24.3 Å². The Bertz CT molecular complexity index is 682. The standard InChI is InChI=1S/C20H25NO5S/c1-2-3-5-10-15-11-16(25-18(22)14-8-6-4-7-9-14)12-20(24,26-15)17-13-27-19(23)21-17/h2,4,6-9,15-17,24H,1,3,5,10-13H2,(H,21,23). The molecule has 0 radical (unpaired) electrons. The highest BCUT2D eigenvalue weighted by Gasteiger charge is 2.49. The van der Waals surface area contributed by atoms with Gasteiger partial charge in [0.05, 0.1) is 17.7 Å². The predicted molar refractivity (Wildman–Crippen MR) is 104 cm³/mol. The summed E-state index contributed by atoms with van der Waals surface area (Å²) in [5, 5.41) is 13.7. The first-order valence-electron chi connectivity index (χ1n) is 9.20. The lowest BCUT2D eigenvalue weighted by Crippen LogP contribution is -2.58. The molecule has 0 aromatic heterocycles. The second kappa shape index (κ2) is 8.91. The smallest absolute Gasteiger partial charge is 0.338 e. The van der Waals surface area contributed by atoms with Gasteiger partial charge in [-0.2, -0.15) is 0 Å². The van der Waals surface area contributed by atoms with E-state index in [-0.39, 0.29) is 17.8 Å². The monoisotopic (exact) mass is 391 g/mol. The Labute approximate surface area is 163 Å². The van der Waals surface area contributed by atoms with E-state index in [9.17, 15) is 14.7 Å². The average molecular weight is 391 g/mol. The summed E-state index contributed by atoms with van der Waals surface area (Å²) >= 11 is 1.12. The maximum absolute atomic E-state index is 12.4. The molecule has 2 heterocycles. The fourth-order valence-electron chi connectivity index (χ4n) is 3.49. The van der Waals surface area contributed by atoms with Crippen LogP contribution < -0.4 is 5.32 Å². The number of aliphatic hydroxyl groups is 1. The third-order valence-corrected chi connectivity index (χ3v) is 5.73. The molecule has 4 atom stereocenters. The van der Waals surface area contributed by atoms with E-state index in [1.807, 2.05) is 12.1 Å². The third-order valence-electron chi connectivity index (χ3n) is 4.85. The molecule has 3 rings (SSSR count). The normalized spacial score (nSPS) is 30.6. The molecule has 0 bridgehead atoms. The van der Waals surface area contributed by atoms with E-state index in [2.05, 4.69) is 11.9 Å². The fraction of sp³-hybridized carbons (Fsp3) is 0.500. The Morgan fingerprint density at radius 1 is 1.44 bits per heavy atom. The number of carbonyl (C=O) groups is 2. The van der Waals surface area contributed by atoms with Crippen LogP contribution in [0.4, 0.5) is 4.79 Å². The molecule has 0 saturated carbocycles. The van der Waals surface area contributed by atoms with Crippen LogP contribution in [0.3, 0.4) is 0 Å². The van der Waals surface area contributed by atoms with Gasteiger partial charge in [0.2, 0.25) is 0 Å². The SMILES string of the molecule is C=CCCCC1CC(OC(=O)c2ccccc2)CC(O)(C2CSC(=O)N2)O1. The summed E-state index contributed by atoms with van der Waals surface area (Å²) in [6.45, 7) is 3.72. The minimum absolute atomic E-state index is 0.134. The molecule has 2 fully saturated rings. The number of esters is 1. The summed E-state index contributed by atoms with van der Waals surface area (Å²) in [5.74, 6) is -1.54. The van der Waals surface area contributed by atoms with Gasteiger partial charge < -0.3 is 19.9 Å². The second-order valence-electron chi connectivity index (χ2n) is 6.93. The number of unbranched alkanes of at least 4 members (excludes halogenated alkanes) is 1. The highest BCUT2D eigenvalue weighted by atomic mass is 32.2. The molecule has 6 nitrogen and oxygen atoms in total. The second-order valence-corrected chi connectivity index (χ2v) is 7.93. The van der Waals surface area contributed by atoms with Gasteiger partial charge in [-0.15, -0.1) is 6.58 Å². The molecular weight excluding hydrogens is 366 g/mol. The fourth-order valence-corrected chi connectivity index (χ4v) is 4.38. The molecular formula is C20H25NO5S. The Balaban J connectivity index is 1.70. The van der Waals surface area contributed by atoms with Crippen LogP contribution in [-0.4, -0.2) is 46.1 Å². The number of allylic oxidation sites excluding steroid dienone is 1. The van der Waals surface area contributed by atoms with Crippen LogP contribution in [-0.2, 0) is 9.47 Å². The minimum Gasteiger partial charge on any atom is -0.458 e. The van der Waals surface area contributed by atoms with Crippen molar-refractivity contribution in [2.75, 3.05) is 5.75 Å². The number of hydrogen-bond acceptors (Lipinski definition) is 6. The molecule has 1 aromatic rings. The summed E-state index contributed by atoms with van der Waals surface area (Å²) in [6.07, 6.45) is 4.21. The zero-order chi connectivity index (χ0) is 19.3. The first-order valence-corrected chi connectivity index (χ1v) is 10.2. The summed E-state index contributed by atoms with van der Waals surface area (Å²) in [7, 11) is 0. The van der Waals surface area contributed by atoms with Crippen LogP contribution in [0, 0.1) is 0 Å². The number of benzene rings is 1. The largest absolute Gasteiger partial charge is 0.458 e. The number of carbonyl (C=O) groups excluding carboxylic acids is 2.